The summed E-state index contributed by atoms with van der Waals surface area (Å²) in [7, 11) is 0. The molecule has 0 amide bonds. The van der Waals surface area contributed by atoms with E-state index in [1.54, 1.807) is 0 Å². The Morgan fingerprint density at radius 3 is 2.36 bits per heavy atom. The summed E-state index contributed by atoms with van der Waals surface area (Å²) >= 11 is 0. The summed E-state index contributed by atoms with van der Waals surface area (Å²) in [6, 6.07) is 18.6. The van der Waals surface area contributed by atoms with Crippen molar-refractivity contribution in [2.45, 2.75) is 46.3 Å². The van der Waals surface area contributed by atoms with Crippen molar-refractivity contribution in [3.05, 3.63) is 94.3 Å². The highest BCUT2D eigenvalue weighted by Gasteiger charge is 2.35. The third-order valence-electron chi connectivity index (χ3n) is 5.34. The van der Waals surface area contributed by atoms with Crippen molar-refractivity contribution in [1.29, 1.82) is 0 Å². The highest BCUT2D eigenvalue weighted by molar-refractivity contribution is 6.15. The van der Waals surface area contributed by atoms with Gasteiger partial charge in [-0.3, -0.25) is 4.98 Å². The van der Waals surface area contributed by atoms with Crippen LogP contribution in [0.2, 0.25) is 0 Å². The zero-order valence-corrected chi connectivity index (χ0v) is 17.2. The van der Waals surface area contributed by atoms with E-state index in [0.717, 1.165) is 39.4 Å². The molecular formula is C25H26N2O. The first-order valence-electron chi connectivity index (χ1n) is 9.80. The molecule has 0 saturated heterocycles. The summed E-state index contributed by atoms with van der Waals surface area (Å²) in [4.78, 5) is 9.85. The second-order valence-corrected chi connectivity index (χ2v) is 7.94. The Kier molecular flexibility index (Phi) is 4.54. The van der Waals surface area contributed by atoms with Crippen molar-refractivity contribution in [3.8, 4) is 5.75 Å². The Labute approximate surface area is 167 Å². The van der Waals surface area contributed by atoms with E-state index < -0.39 is 5.72 Å². The van der Waals surface area contributed by atoms with Crippen LogP contribution in [0.15, 0.2) is 65.8 Å². The molecule has 142 valence electrons. The molecule has 1 unspecified atom stereocenters. The van der Waals surface area contributed by atoms with Crippen molar-refractivity contribution in [1.82, 2.24) is 4.98 Å². The van der Waals surface area contributed by atoms with Crippen LogP contribution in [-0.2, 0) is 5.72 Å². The van der Waals surface area contributed by atoms with Crippen LogP contribution in [0, 0.1) is 13.8 Å². The average Bonchev–Trinajstić information content (AvgIpc) is 2.68. The predicted molar refractivity (Wildman–Crippen MR) is 114 cm³/mol. The van der Waals surface area contributed by atoms with Gasteiger partial charge in [0.2, 0.25) is 5.72 Å². The first kappa shape index (κ1) is 18.4. The van der Waals surface area contributed by atoms with Crippen LogP contribution in [0.5, 0.6) is 5.75 Å². The van der Waals surface area contributed by atoms with Crippen LogP contribution in [0.25, 0.3) is 0 Å². The Morgan fingerprint density at radius 1 is 0.929 bits per heavy atom. The highest BCUT2D eigenvalue weighted by atomic mass is 16.5. The SMILES string of the molecule is Cc1cc(C2=NC(C)(c3ccccc3)Oc3c(C)cccc32)cnc1C(C)C. The molecular weight excluding hydrogens is 344 g/mol. The van der Waals surface area contributed by atoms with E-state index in [0.29, 0.717) is 5.92 Å². The smallest absolute Gasteiger partial charge is 0.224 e. The van der Waals surface area contributed by atoms with Gasteiger partial charge in [0.25, 0.3) is 0 Å². The number of hydrogen-bond donors (Lipinski definition) is 0. The second-order valence-electron chi connectivity index (χ2n) is 7.94. The standard InChI is InChI=1S/C25H26N2O/c1-16(2)22-18(4)14-19(15-26-22)23-21-13-9-10-17(3)24(21)28-25(5,27-23)20-11-7-6-8-12-20/h6-16H,1-5H3. The van der Waals surface area contributed by atoms with Gasteiger partial charge < -0.3 is 4.74 Å². The van der Waals surface area contributed by atoms with Gasteiger partial charge in [-0.1, -0.05) is 56.3 Å². The number of benzene rings is 2. The molecule has 28 heavy (non-hydrogen) atoms. The zero-order chi connectivity index (χ0) is 19.9. The van der Waals surface area contributed by atoms with Gasteiger partial charge in [-0.15, -0.1) is 0 Å². The number of pyridine rings is 1. The highest BCUT2D eigenvalue weighted by Crippen LogP contribution is 2.40. The van der Waals surface area contributed by atoms with E-state index >= 15 is 0 Å². The first-order chi connectivity index (χ1) is 13.4. The zero-order valence-electron chi connectivity index (χ0n) is 17.2. The molecule has 3 aromatic rings. The minimum Gasteiger partial charge on any atom is -0.461 e. The number of para-hydroxylation sites is 1. The van der Waals surface area contributed by atoms with Gasteiger partial charge >= 0.3 is 0 Å². The van der Waals surface area contributed by atoms with E-state index in [2.05, 4.69) is 64.1 Å². The van der Waals surface area contributed by atoms with Gasteiger partial charge in [-0.2, -0.15) is 0 Å². The number of aryl methyl sites for hydroxylation is 2. The number of hydrogen-bond acceptors (Lipinski definition) is 3. The molecule has 0 aliphatic carbocycles. The maximum atomic E-state index is 6.47. The third kappa shape index (κ3) is 3.11. The number of rotatable bonds is 3. The summed E-state index contributed by atoms with van der Waals surface area (Å²) in [6.07, 6.45) is 1.95. The Hall–Kier alpha value is -2.94. The van der Waals surface area contributed by atoms with Crippen molar-refractivity contribution >= 4 is 5.71 Å². The lowest BCUT2D eigenvalue weighted by atomic mass is 9.94. The van der Waals surface area contributed by atoms with Crippen molar-refractivity contribution in [2.24, 2.45) is 4.99 Å². The quantitative estimate of drug-likeness (QED) is 0.573. The molecule has 2 aromatic carbocycles. The first-order valence-corrected chi connectivity index (χ1v) is 9.80. The molecule has 0 saturated carbocycles. The molecule has 1 aliphatic heterocycles. The van der Waals surface area contributed by atoms with Crippen LogP contribution >= 0.6 is 0 Å². The van der Waals surface area contributed by atoms with E-state index in [-0.39, 0.29) is 0 Å². The normalized spacial score (nSPS) is 18.4. The van der Waals surface area contributed by atoms with Gasteiger partial charge in [-0.25, -0.2) is 4.99 Å². The van der Waals surface area contributed by atoms with Crippen LogP contribution in [0.4, 0.5) is 0 Å². The fourth-order valence-electron chi connectivity index (χ4n) is 3.88. The van der Waals surface area contributed by atoms with Crippen LogP contribution in [-0.4, -0.2) is 10.7 Å². The number of ether oxygens (including phenoxy) is 1. The van der Waals surface area contributed by atoms with Crippen LogP contribution < -0.4 is 4.74 Å². The van der Waals surface area contributed by atoms with E-state index in [9.17, 15) is 0 Å². The molecule has 1 aliphatic rings. The number of nitrogens with zero attached hydrogens (tertiary/aromatic N) is 2. The van der Waals surface area contributed by atoms with E-state index in [1.807, 2.05) is 31.3 Å². The molecule has 1 atom stereocenters. The number of aliphatic imine (C=N–C) groups is 1. The lowest BCUT2D eigenvalue weighted by Gasteiger charge is -2.34. The number of fused-ring (bicyclic) bond motifs is 1. The Balaban J connectivity index is 1.93. The van der Waals surface area contributed by atoms with Gasteiger partial charge in [0.05, 0.1) is 5.71 Å². The molecule has 0 bridgehead atoms. The second kappa shape index (κ2) is 6.90. The van der Waals surface area contributed by atoms with E-state index in [4.69, 9.17) is 14.7 Å². The fraction of sp³-hybridized carbons (Fsp3) is 0.280. The lowest BCUT2D eigenvalue weighted by Crippen LogP contribution is -2.33. The average molecular weight is 370 g/mol. The maximum absolute atomic E-state index is 6.47. The van der Waals surface area contributed by atoms with Gasteiger partial charge in [-0.05, 0) is 43.0 Å². The largest absolute Gasteiger partial charge is 0.461 e. The van der Waals surface area contributed by atoms with Gasteiger partial charge in [0, 0.05) is 35.5 Å². The molecule has 3 nitrogen and oxygen atoms in total. The van der Waals surface area contributed by atoms with Gasteiger partial charge in [0.15, 0.2) is 0 Å². The minimum atomic E-state index is -0.777. The van der Waals surface area contributed by atoms with Crippen molar-refractivity contribution in [3.63, 3.8) is 0 Å². The molecule has 2 heterocycles. The summed E-state index contributed by atoms with van der Waals surface area (Å²) in [6.45, 7) is 10.6. The molecule has 3 heteroatoms. The van der Waals surface area contributed by atoms with Crippen LogP contribution in [0.3, 0.4) is 0 Å². The molecule has 0 fully saturated rings. The number of aromatic nitrogens is 1. The predicted octanol–water partition coefficient (Wildman–Crippen LogP) is 5.92. The minimum absolute atomic E-state index is 0.398. The lowest BCUT2D eigenvalue weighted by molar-refractivity contribution is 0.0920. The third-order valence-corrected chi connectivity index (χ3v) is 5.34. The van der Waals surface area contributed by atoms with Crippen LogP contribution in [0.1, 0.15) is 60.2 Å². The molecule has 0 N–H and O–H groups in total. The maximum Gasteiger partial charge on any atom is 0.224 e. The van der Waals surface area contributed by atoms with Gasteiger partial charge in [0.1, 0.15) is 5.75 Å². The monoisotopic (exact) mass is 370 g/mol. The topological polar surface area (TPSA) is 34.5 Å². The molecule has 0 radical (unpaired) electrons. The summed E-state index contributed by atoms with van der Waals surface area (Å²) in [5.41, 5.74) is 6.66. The van der Waals surface area contributed by atoms with E-state index in [1.165, 1.54) is 5.56 Å². The summed E-state index contributed by atoms with van der Waals surface area (Å²) < 4.78 is 6.47. The molecule has 1 aromatic heterocycles. The molecule has 0 spiro atoms. The van der Waals surface area contributed by atoms with Crippen molar-refractivity contribution < 1.29 is 4.74 Å². The Bertz CT molecular complexity index is 1050. The van der Waals surface area contributed by atoms with Crippen molar-refractivity contribution in [2.75, 3.05) is 0 Å². The summed E-state index contributed by atoms with van der Waals surface area (Å²) in [5.74, 6) is 1.29. The fourth-order valence-corrected chi connectivity index (χ4v) is 3.88. The molecule has 4 rings (SSSR count). The summed E-state index contributed by atoms with van der Waals surface area (Å²) in [5, 5.41) is 0. The Morgan fingerprint density at radius 2 is 1.68 bits per heavy atom.